The minimum Gasteiger partial charge on any atom is -0.376 e. The van der Waals surface area contributed by atoms with Crippen LogP contribution in [0.4, 0.5) is 0 Å². The Morgan fingerprint density at radius 3 is 2.60 bits per heavy atom. The van der Waals surface area contributed by atoms with E-state index in [0.717, 1.165) is 31.3 Å². The summed E-state index contributed by atoms with van der Waals surface area (Å²) < 4.78 is 28.1. The summed E-state index contributed by atoms with van der Waals surface area (Å²) in [6.07, 6.45) is 3.58. The van der Waals surface area contributed by atoms with Crippen LogP contribution >= 0.6 is 0 Å². The van der Waals surface area contributed by atoms with Crippen molar-refractivity contribution in [2.75, 3.05) is 19.4 Å². The summed E-state index contributed by atoms with van der Waals surface area (Å²) in [5.41, 5.74) is 0.794. The fourth-order valence-corrected chi connectivity index (χ4v) is 2.77. The predicted molar refractivity (Wildman–Crippen MR) is 75.2 cm³/mol. The van der Waals surface area contributed by atoms with Crippen LogP contribution in [-0.4, -0.2) is 39.8 Å². The molecule has 20 heavy (non-hydrogen) atoms. The van der Waals surface area contributed by atoms with Crippen molar-refractivity contribution in [2.24, 2.45) is 0 Å². The highest BCUT2D eigenvalue weighted by molar-refractivity contribution is 7.90. The quantitative estimate of drug-likeness (QED) is 0.877. The molecular formula is C14H19NO4S. The van der Waals surface area contributed by atoms with Crippen molar-refractivity contribution in [3.63, 3.8) is 0 Å². The molecule has 0 saturated carbocycles. The van der Waals surface area contributed by atoms with E-state index in [0.29, 0.717) is 6.54 Å². The lowest BCUT2D eigenvalue weighted by atomic mass is 10.1. The molecule has 1 N–H and O–H groups in total. The van der Waals surface area contributed by atoms with Crippen molar-refractivity contribution in [1.29, 1.82) is 0 Å². The van der Waals surface area contributed by atoms with Gasteiger partial charge in [-0.25, -0.2) is 8.42 Å². The molecule has 5 nitrogen and oxygen atoms in total. The van der Waals surface area contributed by atoms with Crippen LogP contribution in [0, 0.1) is 0 Å². The Morgan fingerprint density at radius 2 is 2.05 bits per heavy atom. The predicted octanol–water partition coefficient (Wildman–Crippen LogP) is 0.928. The lowest BCUT2D eigenvalue weighted by Gasteiger charge is -2.10. The first-order valence-electron chi connectivity index (χ1n) is 6.62. The van der Waals surface area contributed by atoms with Gasteiger partial charge in [-0.2, -0.15) is 0 Å². The van der Waals surface area contributed by atoms with Crippen molar-refractivity contribution < 1.29 is 17.9 Å². The largest absolute Gasteiger partial charge is 0.376 e. The maximum atomic E-state index is 11.8. The topological polar surface area (TPSA) is 72.5 Å². The number of ether oxygens (including phenoxy) is 1. The molecular weight excluding hydrogens is 278 g/mol. The molecule has 6 heteroatoms. The second-order valence-corrected chi connectivity index (χ2v) is 7.05. The number of carbonyl (C=O) groups is 1. The highest BCUT2D eigenvalue weighted by Gasteiger charge is 2.16. The second kappa shape index (κ2) is 6.37. The first-order valence-corrected chi connectivity index (χ1v) is 8.51. The van der Waals surface area contributed by atoms with Crippen molar-refractivity contribution in [3.05, 3.63) is 29.8 Å². The van der Waals surface area contributed by atoms with Crippen LogP contribution in [0.25, 0.3) is 0 Å². The molecule has 1 aromatic carbocycles. The van der Waals surface area contributed by atoms with Gasteiger partial charge >= 0.3 is 0 Å². The zero-order valence-corrected chi connectivity index (χ0v) is 12.3. The number of rotatable bonds is 5. The van der Waals surface area contributed by atoms with Gasteiger partial charge in [0.05, 0.1) is 17.4 Å². The third kappa shape index (κ3) is 4.31. The van der Waals surface area contributed by atoms with Crippen LogP contribution in [0.15, 0.2) is 29.2 Å². The van der Waals surface area contributed by atoms with Gasteiger partial charge in [0.25, 0.3) is 0 Å². The molecule has 1 atom stereocenters. The number of hydrogen-bond donors (Lipinski definition) is 1. The van der Waals surface area contributed by atoms with Crippen molar-refractivity contribution in [2.45, 2.75) is 30.3 Å². The highest BCUT2D eigenvalue weighted by atomic mass is 32.2. The highest BCUT2D eigenvalue weighted by Crippen LogP contribution is 2.12. The number of sulfone groups is 1. The number of hydrogen-bond acceptors (Lipinski definition) is 4. The third-order valence-corrected chi connectivity index (χ3v) is 4.40. The molecule has 0 aromatic heterocycles. The summed E-state index contributed by atoms with van der Waals surface area (Å²) >= 11 is 0. The van der Waals surface area contributed by atoms with Gasteiger partial charge in [0.2, 0.25) is 5.91 Å². The van der Waals surface area contributed by atoms with Gasteiger partial charge in [0.1, 0.15) is 0 Å². The Labute approximate surface area is 119 Å². The fourth-order valence-electron chi connectivity index (χ4n) is 2.14. The van der Waals surface area contributed by atoms with Gasteiger partial charge in [-0.15, -0.1) is 0 Å². The van der Waals surface area contributed by atoms with E-state index in [1.807, 2.05) is 0 Å². The minimum atomic E-state index is -3.19. The Morgan fingerprint density at radius 1 is 1.35 bits per heavy atom. The summed E-state index contributed by atoms with van der Waals surface area (Å²) in [6.45, 7) is 1.31. The minimum absolute atomic E-state index is 0.0763. The maximum absolute atomic E-state index is 11.8. The van der Waals surface area contributed by atoms with Gasteiger partial charge < -0.3 is 10.1 Å². The fraction of sp³-hybridized carbons (Fsp3) is 0.500. The molecule has 0 radical (unpaired) electrons. The van der Waals surface area contributed by atoms with E-state index in [9.17, 15) is 13.2 Å². The van der Waals surface area contributed by atoms with Crippen LogP contribution in [0.1, 0.15) is 18.4 Å². The van der Waals surface area contributed by atoms with Crippen molar-refractivity contribution >= 4 is 15.7 Å². The Bertz CT molecular complexity index is 559. The molecule has 0 aliphatic carbocycles. The zero-order valence-electron chi connectivity index (χ0n) is 11.5. The van der Waals surface area contributed by atoms with Crippen molar-refractivity contribution in [3.8, 4) is 0 Å². The normalized spacial score (nSPS) is 18.9. The second-order valence-electron chi connectivity index (χ2n) is 5.03. The van der Waals surface area contributed by atoms with Gasteiger partial charge in [0, 0.05) is 19.4 Å². The Hall–Kier alpha value is -1.40. The zero-order chi connectivity index (χ0) is 14.6. The molecule has 1 amide bonds. The van der Waals surface area contributed by atoms with Crippen LogP contribution in [0.5, 0.6) is 0 Å². The van der Waals surface area contributed by atoms with Gasteiger partial charge in [-0.1, -0.05) is 12.1 Å². The summed E-state index contributed by atoms with van der Waals surface area (Å²) in [7, 11) is -3.19. The number of benzene rings is 1. The SMILES string of the molecule is CS(=O)(=O)c1ccc(CC(=O)NCC2CCCO2)cc1. The summed E-state index contributed by atoms with van der Waals surface area (Å²) in [5, 5.41) is 2.84. The van der Waals surface area contributed by atoms with Crippen molar-refractivity contribution in [1.82, 2.24) is 5.32 Å². The van der Waals surface area contributed by atoms with E-state index in [-0.39, 0.29) is 23.3 Å². The number of carbonyl (C=O) groups excluding carboxylic acids is 1. The number of amides is 1. The molecule has 0 spiro atoms. The number of nitrogens with one attached hydrogen (secondary N) is 1. The van der Waals surface area contributed by atoms with E-state index in [1.54, 1.807) is 12.1 Å². The van der Waals surface area contributed by atoms with Crippen LogP contribution in [-0.2, 0) is 25.8 Å². The van der Waals surface area contributed by atoms with Crippen LogP contribution in [0.3, 0.4) is 0 Å². The Balaban J connectivity index is 1.84. The first kappa shape index (κ1) is 15.0. The van der Waals surface area contributed by atoms with E-state index in [2.05, 4.69) is 5.32 Å². The molecule has 1 unspecified atom stereocenters. The molecule has 110 valence electrons. The molecule has 1 aromatic rings. The van der Waals surface area contributed by atoms with Crippen LogP contribution < -0.4 is 5.32 Å². The average Bonchev–Trinajstić information content (AvgIpc) is 2.89. The lowest BCUT2D eigenvalue weighted by Crippen LogP contribution is -2.32. The molecule has 2 rings (SSSR count). The molecule has 1 aliphatic rings. The smallest absolute Gasteiger partial charge is 0.224 e. The van der Waals surface area contributed by atoms with Gasteiger partial charge in [0.15, 0.2) is 9.84 Å². The average molecular weight is 297 g/mol. The summed E-state index contributed by atoms with van der Waals surface area (Å²) in [5.74, 6) is -0.0763. The standard InChI is InChI=1S/C14H19NO4S/c1-20(17,18)13-6-4-11(5-7-13)9-14(16)15-10-12-3-2-8-19-12/h4-7,12H,2-3,8-10H2,1H3,(H,15,16). The van der Waals surface area contributed by atoms with E-state index >= 15 is 0 Å². The van der Waals surface area contributed by atoms with E-state index in [4.69, 9.17) is 4.74 Å². The molecule has 1 heterocycles. The van der Waals surface area contributed by atoms with E-state index < -0.39 is 9.84 Å². The third-order valence-electron chi connectivity index (χ3n) is 3.27. The molecule has 1 fully saturated rings. The maximum Gasteiger partial charge on any atom is 0.224 e. The summed E-state index contributed by atoms with van der Waals surface area (Å²) in [4.78, 5) is 12.0. The first-order chi connectivity index (χ1) is 9.45. The van der Waals surface area contributed by atoms with Gasteiger partial charge in [-0.05, 0) is 30.5 Å². The monoisotopic (exact) mass is 297 g/mol. The Kier molecular flexibility index (Phi) is 4.77. The van der Waals surface area contributed by atoms with Gasteiger partial charge in [-0.3, -0.25) is 4.79 Å². The van der Waals surface area contributed by atoms with Crippen LogP contribution in [0.2, 0.25) is 0 Å². The molecule has 1 saturated heterocycles. The molecule has 0 bridgehead atoms. The summed E-state index contributed by atoms with van der Waals surface area (Å²) in [6, 6.07) is 6.39. The lowest BCUT2D eigenvalue weighted by molar-refractivity contribution is -0.120. The molecule has 1 aliphatic heterocycles. The van der Waals surface area contributed by atoms with E-state index in [1.165, 1.54) is 12.1 Å².